The summed E-state index contributed by atoms with van der Waals surface area (Å²) in [5.41, 5.74) is 4.42. The van der Waals surface area contributed by atoms with Gasteiger partial charge in [-0.2, -0.15) is 0 Å². The molecule has 4 aromatic rings. The summed E-state index contributed by atoms with van der Waals surface area (Å²) in [6.45, 7) is 6.90. The van der Waals surface area contributed by atoms with Crippen LogP contribution in [0.4, 0.5) is 5.69 Å². The van der Waals surface area contributed by atoms with Crippen LogP contribution in [0, 0.1) is 0 Å². The van der Waals surface area contributed by atoms with E-state index in [1.54, 1.807) is 6.07 Å². The number of oxime groups is 1. The van der Waals surface area contributed by atoms with E-state index in [4.69, 9.17) is 9.47 Å². The molecule has 0 aliphatic carbocycles. The molecular formula is C30H27N3O6. The molecule has 0 saturated carbocycles. The van der Waals surface area contributed by atoms with E-state index in [0.717, 1.165) is 40.6 Å². The number of aromatic nitrogens is 1. The third-order valence-corrected chi connectivity index (χ3v) is 7.21. The number of anilines is 1. The molecule has 0 spiro atoms. The number of nitrogens with zero attached hydrogens (tertiary/aromatic N) is 3. The minimum Gasteiger partial charge on any atom is -0.485 e. The fraction of sp³-hybridized carbons (Fsp3) is 0.267. The number of aryl methyl sites for hydroxylation is 1. The van der Waals surface area contributed by atoms with Crippen LogP contribution in [-0.2, 0) is 20.9 Å². The Morgan fingerprint density at radius 3 is 2.41 bits per heavy atom. The summed E-state index contributed by atoms with van der Waals surface area (Å²) in [6.07, 6.45) is 0. The van der Waals surface area contributed by atoms with E-state index in [-0.39, 0.29) is 23.9 Å². The van der Waals surface area contributed by atoms with Crippen molar-refractivity contribution in [3.8, 4) is 5.75 Å². The van der Waals surface area contributed by atoms with Crippen molar-refractivity contribution in [3.63, 3.8) is 0 Å². The minimum atomic E-state index is -0.615. The van der Waals surface area contributed by atoms with Crippen molar-refractivity contribution < 1.29 is 28.7 Å². The highest BCUT2D eigenvalue weighted by Gasteiger charge is 2.29. The lowest BCUT2D eigenvalue weighted by molar-refractivity contribution is -0.140. The zero-order chi connectivity index (χ0) is 27.1. The summed E-state index contributed by atoms with van der Waals surface area (Å²) in [5.74, 6) is -0.615. The van der Waals surface area contributed by atoms with E-state index >= 15 is 0 Å². The number of carbonyl (C=O) groups excluding carboxylic acids is 3. The van der Waals surface area contributed by atoms with Crippen LogP contribution in [0.5, 0.6) is 5.75 Å². The second-order valence-electron chi connectivity index (χ2n) is 9.53. The van der Waals surface area contributed by atoms with Crippen molar-refractivity contribution in [3.05, 3.63) is 71.3 Å². The second kappa shape index (κ2) is 9.99. The zero-order valence-electron chi connectivity index (χ0n) is 21.7. The molecule has 9 heteroatoms. The number of carbonyl (C=O) groups is 3. The molecule has 198 valence electrons. The van der Waals surface area contributed by atoms with Gasteiger partial charge in [-0.3, -0.25) is 9.59 Å². The molecule has 0 radical (unpaired) electrons. The normalized spacial score (nSPS) is 16.4. The summed E-state index contributed by atoms with van der Waals surface area (Å²) in [4.78, 5) is 44.7. The van der Waals surface area contributed by atoms with Gasteiger partial charge in [0.05, 0.1) is 29.7 Å². The van der Waals surface area contributed by atoms with E-state index in [2.05, 4.69) is 19.5 Å². The third kappa shape index (κ3) is 4.34. The number of Topliss-reactive ketones (excluding diaryl/α,β-unsaturated/α-hetero) is 1. The maximum Gasteiger partial charge on any atom is 0.331 e. The van der Waals surface area contributed by atoms with Crippen LogP contribution in [0.1, 0.15) is 40.1 Å². The monoisotopic (exact) mass is 525 g/mol. The molecule has 0 unspecified atom stereocenters. The summed E-state index contributed by atoms with van der Waals surface area (Å²) >= 11 is 0. The molecule has 6 rings (SSSR count). The Morgan fingerprint density at radius 2 is 1.69 bits per heavy atom. The molecule has 2 aliphatic heterocycles. The molecule has 1 fully saturated rings. The van der Waals surface area contributed by atoms with Gasteiger partial charge in [-0.1, -0.05) is 5.16 Å². The van der Waals surface area contributed by atoms with E-state index < -0.39 is 5.97 Å². The highest BCUT2D eigenvalue weighted by molar-refractivity contribution is 6.48. The molecule has 3 aromatic carbocycles. The summed E-state index contributed by atoms with van der Waals surface area (Å²) < 4.78 is 13.6. The first kappa shape index (κ1) is 24.8. The van der Waals surface area contributed by atoms with Crippen LogP contribution in [-0.4, -0.2) is 60.7 Å². The third-order valence-electron chi connectivity index (χ3n) is 7.21. The van der Waals surface area contributed by atoms with Crippen molar-refractivity contribution in [1.29, 1.82) is 0 Å². The number of rotatable bonds is 5. The lowest BCUT2D eigenvalue weighted by atomic mass is 9.97. The van der Waals surface area contributed by atoms with Gasteiger partial charge in [-0.15, -0.1) is 0 Å². The molecule has 3 heterocycles. The Morgan fingerprint density at radius 1 is 0.974 bits per heavy atom. The van der Waals surface area contributed by atoms with Crippen LogP contribution in [0.2, 0.25) is 0 Å². The predicted octanol–water partition coefficient (Wildman–Crippen LogP) is 4.38. The topological polar surface area (TPSA) is 99.4 Å². The van der Waals surface area contributed by atoms with Gasteiger partial charge in [0.15, 0.2) is 11.5 Å². The van der Waals surface area contributed by atoms with Gasteiger partial charge >= 0.3 is 5.97 Å². The molecule has 2 aliphatic rings. The molecule has 0 bridgehead atoms. The van der Waals surface area contributed by atoms with Crippen molar-refractivity contribution in [2.75, 3.05) is 37.8 Å². The molecule has 0 atom stereocenters. The van der Waals surface area contributed by atoms with Gasteiger partial charge < -0.3 is 23.8 Å². The Labute approximate surface area is 224 Å². The average molecular weight is 526 g/mol. The van der Waals surface area contributed by atoms with Crippen LogP contribution in [0.15, 0.2) is 59.8 Å². The van der Waals surface area contributed by atoms with Gasteiger partial charge in [0.25, 0.3) is 0 Å². The quantitative estimate of drug-likeness (QED) is 0.217. The summed E-state index contributed by atoms with van der Waals surface area (Å²) in [7, 11) is 0. The first-order chi connectivity index (χ1) is 19.0. The molecule has 0 N–H and O–H groups in total. The van der Waals surface area contributed by atoms with Crippen molar-refractivity contribution in [2.24, 2.45) is 5.16 Å². The number of morpholine rings is 1. The minimum absolute atomic E-state index is 0.0210. The lowest BCUT2D eigenvalue weighted by Crippen LogP contribution is -2.36. The first-order valence-corrected chi connectivity index (χ1v) is 12.9. The molecule has 39 heavy (non-hydrogen) atoms. The highest BCUT2D eigenvalue weighted by Crippen LogP contribution is 2.40. The molecule has 1 aromatic heterocycles. The maximum absolute atomic E-state index is 13.5. The highest BCUT2D eigenvalue weighted by atomic mass is 16.7. The standard InChI is InChI=1S/C30H27N3O6/c1-3-33-25-10-6-20(28(35)19-4-7-21(8-5-19)32-12-14-37-15-13-32)16-23(25)27-26(33)11-9-22-29(36)24(17-38-30(22)27)31-39-18(2)34/h4-11,16H,3,12-15,17H2,1-2H3/b31-24+. The van der Waals surface area contributed by atoms with Crippen LogP contribution < -0.4 is 9.64 Å². The molecule has 0 amide bonds. The van der Waals surface area contributed by atoms with Gasteiger partial charge in [0.2, 0.25) is 5.78 Å². The lowest BCUT2D eigenvalue weighted by Gasteiger charge is -2.28. The van der Waals surface area contributed by atoms with E-state index in [0.29, 0.717) is 42.2 Å². The van der Waals surface area contributed by atoms with Gasteiger partial charge in [0.1, 0.15) is 12.4 Å². The van der Waals surface area contributed by atoms with Crippen LogP contribution in [0.3, 0.4) is 0 Å². The average Bonchev–Trinajstić information content (AvgIpc) is 3.30. The largest absolute Gasteiger partial charge is 0.485 e. The zero-order valence-corrected chi connectivity index (χ0v) is 21.7. The van der Waals surface area contributed by atoms with E-state index in [1.165, 1.54) is 6.92 Å². The number of hydrogen-bond donors (Lipinski definition) is 0. The number of ketones is 2. The van der Waals surface area contributed by atoms with E-state index in [9.17, 15) is 14.4 Å². The smallest absolute Gasteiger partial charge is 0.331 e. The number of ether oxygens (including phenoxy) is 2. The number of hydrogen-bond acceptors (Lipinski definition) is 8. The molecular weight excluding hydrogens is 498 g/mol. The van der Waals surface area contributed by atoms with Gasteiger partial charge in [-0.25, -0.2) is 4.79 Å². The predicted molar refractivity (Wildman–Crippen MR) is 147 cm³/mol. The Hall–Kier alpha value is -4.50. The van der Waals surface area contributed by atoms with Crippen molar-refractivity contribution in [2.45, 2.75) is 20.4 Å². The second-order valence-corrected chi connectivity index (χ2v) is 9.53. The molecule has 1 saturated heterocycles. The summed E-state index contributed by atoms with van der Waals surface area (Å²) in [5, 5.41) is 5.26. The Kier molecular flexibility index (Phi) is 6.36. The van der Waals surface area contributed by atoms with Gasteiger partial charge in [-0.05, 0) is 61.5 Å². The SMILES string of the molecule is CCn1c2ccc(C(=O)c3ccc(N4CCOCC4)cc3)cc2c2c3c(ccc21)C(=O)/C(=N/OC(C)=O)CO3. The van der Waals surface area contributed by atoms with E-state index in [1.807, 2.05) is 55.5 Å². The maximum atomic E-state index is 13.5. The fourth-order valence-corrected chi connectivity index (χ4v) is 5.33. The Balaban J connectivity index is 1.40. The molecule has 9 nitrogen and oxygen atoms in total. The van der Waals surface area contributed by atoms with Crippen LogP contribution in [0.25, 0.3) is 21.8 Å². The number of benzene rings is 3. The summed E-state index contributed by atoms with van der Waals surface area (Å²) in [6, 6.07) is 16.9. The van der Waals surface area contributed by atoms with Crippen LogP contribution >= 0.6 is 0 Å². The van der Waals surface area contributed by atoms with Crippen molar-refractivity contribution >= 4 is 50.7 Å². The number of fused-ring (bicyclic) bond motifs is 5. The van der Waals surface area contributed by atoms with Crippen molar-refractivity contribution in [1.82, 2.24) is 4.57 Å². The Bertz CT molecular complexity index is 1660. The van der Waals surface area contributed by atoms with Gasteiger partial charge in [0, 0.05) is 54.3 Å². The first-order valence-electron chi connectivity index (χ1n) is 12.9. The fourth-order valence-electron chi connectivity index (χ4n) is 5.33.